The minimum Gasteiger partial charge on any atom is -0.497 e. The second kappa shape index (κ2) is 7.98. The number of amides is 2. The summed E-state index contributed by atoms with van der Waals surface area (Å²) >= 11 is 0. The summed E-state index contributed by atoms with van der Waals surface area (Å²) in [7, 11) is 3.24. The third-order valence-corrected chi connectivity index (χ3v) is 5.55. The lowest BCUT2D eigenvalue weighted by Crippen LogP contribution is -2.37. The minimum absolute atomic E-state index is 0.0561. The Kier molecular flexibility index (Phi) is 5.69. The summed E-state index contributed by atoms with van der Waals surface area (Å²) in [5, 5.41) is 0. The van der Waals surface area contributed by atoms with E-state index < -0.39 is 0 Å². The molecule has 0 aromatic heterocycles. The van der Waals surface area contributed by atoms with Gasteiger partial charge in [-0.2, -0.15) is 0 Å². The van der Waals surface area contributed by atoms with Crippen molar-refractivity contribution in [2.45, 2.75) is 32.1 Å². The lowest BCUT2D eigenvalue weighted by molar-refractivity contribution is -0.135. The van der Waals surface area contributed by atoms with Crippen LogP contribution in [0.3, 0.4) is 0 Å². The zero-order valence-electron chi connectivity index (χ0n) is 15.9. The number of hydrogen-bond donors (Lipinski definition) is 0. The molecule has 2 unspecified atom stereocenters. The highest BCUT2D eigenvalue weighted by Crippen LogP contribution is 2.40. The fraction of sp³-hybridized carbons (Fsp3) is 0.600. The third-order valence-electron chi connectivity index (χ3n) is 5.55. The molecule has 3 rings (SSSR count). The van der Waals surface area contributed by atoms with Crippen molar-refractivity contribution in [1.82, 2.24) is 9.80 Å². The van der Waals surface area contributed by atoms with Crippen LogP contribution in [0.1, 0.15) is 37.7 Å². The summed E-state index contributed by atoms with van der Waals surface area (Å²) in [6.07, 6.45) is 2.58. The van der Waals surface area contributed by atoms with Gasteiger partial charge in [-0.15, -0.1) is 0 Å². The molecule has 2 heterocycles. The Balaban J connectivity index is 1.92. The standard InChI is InChI=1S/C20H28N2O4/c1-4-19(23)22-12-16(15-8-7-14(25-2)11-18(15)26-3)17(13-22)20(24)21-9-5-6-10-21/h7-8,11,16-17H,4-6,9-10,12-13H2,1-3H3. The van der Waals surface area contributed by atoms with Gasteiger partial charge < -0.3 is 19.3 Å². The summed E-state index contributed by atoms with van der Waals surface area (Å²) in [6, 6.07) is 5.70. The number of nitrogens with zero attached hydrogens (tertiary/aromatic N) is 2. The van der Waals surface area contributed by atoms with Gasteiger partial charge in [0.2, 0.25) is 11.8 Å². The van der Waals surface area contributed by atoms with Gasteiger partial charge in [-0.3, -0.25) is 9.59 Å². The maximum Gasteiger partial charge on any atom is 0.228 e. The Hall–Kier alpha value is -2.24. The molecule has 6 nitrogen and oxygen atoms in total. The van der Waals surface area contributed by atoms with Crippen LogP contribution in [0.25, 0.3) is 0 Å². The Morgan fingerprint density at radius 1 is 1.08 bits per heavy atom. The average Bonchev–Trinajstić information content (AvgIpc) is 3.36. The molecule has 2 fully saturated rings. The number of carbonyl (C=O) groups excluding carboxylic acids is 2. The summed E-state index contributed by atoms with van der Waals surface area (Å²) in [4.78, 5) is 29.2. The maximum absolute atomic E-state index is 13.1. The molecule has 0 saturated carbocycles. The molecule has 1 aromatic carbocycles. The normalized spacial score (nSPS) is 22.6. The van der Waals surface area contributed by atoms with Gasteiger partial charge in [0, 0.05) is 50.1 Å². The van der Waals surface area contributed by atoms with E-state index in [0.29, 0.717) is 31.0 Å². The fourth-order valence-electron chi connectivity index (χ4n) is 4.09. The van der Waals surface area contributed by atoms with Gasteiger partial charge in [0.25, 0.3) is 0 Å². The molecule has 2 atom stereocenters. The molecule has 0 aliphatic carbocycles. The molecule has 142 valence electrons. The molecular formula is C20H28N2O4. The Morgan fingerprint density at radius 2 is 1.81 bits per heavy atom. The van der Waals surface area contributed by atoms with Crippen LogP contribution >= 0.6 is 0 Å². The summed E-state index contributed by atoms with van der Waals surface area (Å²) in [5.41, 5.74) is 0.970. The zero-order chi connectivity index (χ0) is 18.7. The molecule has 26 heavy (non-hydrogen) atoms. The van der Waals surface area contributed by atoms with Crippen LogP contribution < -0.4 is 9.47 Å². The first-order valence-corrected chi connectivity index (χ1v) is 9.37. The highest BCUT2D eigenvalue weighted by Gasteiger charge is 2.43. The van der Waals surface area contributed by atoms with Crippen molar-refractivity contribution in [3.8, 4) is 11.5 Å². The highest BCUT2D eigenvalue weighted by atomic mass is 16.5. The second-order valence-corrected chi connectivity index (χ2v) is 7.01. The summed E-state index contributed by atoms with van der Waals surface area (Å²) < 4.78 is 10.9. The van der Waals surface area contributed by atoms with Crippen LogP contribution in [0, 0.1) is 5.92 Å². The topological polar surface area (TPSA) is 59.1 Å². The van der Waals surface area contributed by atoms with Gasteiger partial charge in [0.05, 0.1) is 20.1 Å². The molecule has 0 N–H and O–H groups in total. The van der Waals surface area contributed by atoms with Crippen LogP contribution in [0.5, 0.6) is 11.5 Å². The Bertz CT molecular complexity index is 670. The number of hydrogen-bond acceptors (Lipinski definition) is 4. The van der Waals surface area contributed by atoms with Gasteiger partial charge in [0.1, 0.15) is 11.5 Å². The Morgan fingerprint density at radius 3 is 2.42 bits per heavy atom. The summed E-state index contributed by atoms with van der Waals surface area (Å²) in [5.74, 6) is 1.41. The van der Waals surface area contributed by atoms with Crippen molar-refractivity contribution in [2.24, 2.45) is 5.92 Å². The quantitative estimate of drug-likeness (QED) is 0.808. The molecule has 2 amide bonds. The van der Waals surface area contributed by atoms with Crippen molar-refractivity contribution < 1.29 is 19.1 Å². The van der Waals surface area contributed by atoms with Gasteiger partial charge in [-0.1, -0.05) is 13.0 Å². The van der Waals surface area contributed by atoms with Gasteiger partial charge in [-0.05, 0) is 18.9 Å². The van der Waals surface area contributed by atoms with E-state index in [1.165, 1.54) is 0 Å². The van der Waals surface area contributed by atoms with Crippen LogP contribution in [-0.4, -0.2) is 62.0 Å². The van der Waals surface area contributed by atoms with E-state index in [4.69, 9.17) is 9.47 Å². The van der Waals surface area contributed by atoms with Crippen molar-refractivity contribution >= 4 is 11.8 Å². The lowest BCUT2D eigenvalue weighted by atomic mass is 9.87. The molecule has 0 radical (unpaired) electrons. The first-order chi connectivity index (χ1) is 12.6. The molecule has 2 aliphatic rings. The van der Waals surface area contributed by atoms with E-state index in [1.54, 1.807) is 14.2 Å². The average molecular weight is 360 g/mol. The van der Waals surface area contributed by atoms with Crippen LogP contribution in [0.15, 0.2) is 18.2 Å². The monoisotopic (exact) mass is 360 g/mol. The number of benzene rings is 1. The van der Waals surface area contributed by atoms with Crippen molar-refractivity contribution in [3.63, 3.8) is 0 Å². The molecule has 2 aliphatic heterocycles. The number of carbonyl (C=O) groups is 2. The van der Waals surface area contributed by atoms with E-state index in [1.807, 2.05) is 34.9 Å². The molecule has 0 bridgehead atoms. The third kappa shape index (κ3) is 3.50. The van der Waals surface area contributed by atoms with E-state index in [2.05, 4.69) is 0 Å². The zero-order valence-corrected chi connectivity index (χ0v) is 15.9. The number of methoxy groups -OCH3 is 2. The van der Waals surface area contributed by atoms with Crippen LogP contribution in [0.4, 0.5) is 0 Å². The summed E-state index contributed by atoms with van der Waals surface area (Å²) in [6.45, 7) is 4.55. The molecule has 6 heteroatoms. The van der Waals surface area contributed by atoms with Crippen LogP contribution in [-0.2, 0) is 9.59 Å². The van der Waals surface area contributed by atoms with Crippen molar-refractivity contribution in [1.29, 1.82) is 0 Å². The molecule has 0 spiro atoms. The number of ether oxygens (including phenoxy) is 2. The number of likely N-dealkylation sites (tertiary alicyclic amines) is 2. The Labute approximate surface area is 155 Å². The van der Waals surface area contributed by atoms with E-state index in [0.717, 1.165) is 31.5 Å². The SMILES string of the molecule is CCC(=O)N1CC(C(=O)N2CCCC2)C(c2ccc(OC)cc2OC)C1. The lowest BCUT2D eigenvalue weighted by Gasteiger charge is -2.25. The first-order valence-electron chi connectivity index (χ1n) is 9.37. The molecule has 2 saturated heterocycles. The van der Waals surface area contributed by atoms with E-state index >= 15 is 0 Å². The van der Waals surface area contributed by atoms with Gasteiger partial charge in [-0.25, -0.2) is 0 Å². The van der Waals surface area contributed by atoms with E-state index in [-0.39, 0.29) is 23.7 Å². The minimum atomic E-state index is -0.217. The van der Waals surface area contributed by atoms with Gasteiger partial charge in [0.15, 0.2) is 0 Å². The smallest absolute Gasteiger partial charge is 0.228 e. The second-order valence-electron chi connectivity index (χ2n) is 7.01. The van der Waals surface area contributed by atoms with Gasteiger partial charge >= 0.3 is 0 Å². The van der Waals surface area contributed by atoms with Crippen LogP contribution in [0.2, 0.25) is 0 Å². The van der Waals surface area contributed by atoms with Crippen molar-refractivity contribution in [2.75, 3.05) is 40.4 Å². The maximum atomic E-state index is 13.1. The fourth-order valence-corrected chi connectivity index (χ4v) is 4.09. The molecule has 1 aromatic rings. The first kappa shape index (κ1) is 18.5. The highest BCUT2D eigenvalue weighted by molar-refractivity contribution is 5.83. The van der Waals surface area contributed by atoms with E-state index in [9.17, 15) is 9.59 Å². The number of rotatable bonds is 5. The van der Waals surface area contributed by atoms with Crippen molar-refractivity contribution in [3.05, 3.63) is 23.8 Å². The largest absolute Gasteiger partial charge is 0.497 e. The predicted octanol–water partition coefficient (Wildman–Crippen LogP) is 2.28. The predicted molar refractivity (Wildman–Crippen MR) is 98.5 cm³/mol. The molecular weight excluding hydrogens is 332 g/mol.